The van der Waals surface area contributed by atoms with E-state index < -0.39 is 5.97 Å². The van der Waals surface area contributed by atoms with Crippen molar-refractivity contribution in [1.29, 1.82) is 0 Å². The molecule has 1 aliphatic rings. The van der Waals surface area contributed by atoms with Crippen molar-refractivity contribution in [3.63, 3.8) is 0 Å². The van der Waals surface area contributed by atoms with Gasteiger partial charge in [0.1, 0.15) is 0 Å². The van der Waals surface area contributed by atoms with Crippen LogP contribution in [0.15, 0.2) is 0 Å². The van der Waals surface area contributed by atoms with Gasteiger partial charge in [-0.05, 0) is 12.3 Å². The van der Waals surface area contributed by atoms with Gasteiger partial charge in [0.2, 0.25) is 0 Å². The van der Waals surface area contributed by atoms with Crippen molar-refractivity contribution in [3.05, 3.63) is 0 Å². The van der Waals surface area contributed by atoms with E-state index in [0.29, 0.717) is 32.2 Å². The molecule has 0 saturated carbocycles. The quantitative estimate of drug-likeness (QED) is 0.818. The van der Waals surface area contributed by atoms with Crippen molar-refractivity contribution in [2.75, 3.05) is 33.4 Å². The zero-order chi connectivity index (χ0) is 14.4. The van der Waals surface area contributed by atoms with Crippen LogP contribution in [0.25, 0.3) is 0 Å². The number of ether oxygens (including phenoxy) is 1. The highest BCUT2D eigenvalue weighted by Gasteiger charge is 2.30. The number of amides is 2. The summed E-state index contributed by atoms with van der Waals surface area (Å²) in [5.74, 6) is -0.368. The largest absolute Gasteiger partial charge is 0.481 e. The molecular formula is C13H24N2O4. The zero-order valence-corrected chi connectivity index (χ0v) is 12.0. The fourth-order valence-electron chi connectivity index (χ4n) is 2.04. The van der Waals surface area contributed by atoms with Crippen molar-refractivity contribution in [2.45, 2.75) is 32.7 Å². The maximum absolute atomic E-state index is 12.3. The second-order valence-corrected chi connectivity index (χ2v) is 5.41. The first-order valence-electron chi connectivity index (χ1n) is 6.73. The van der Waals surface area contributed by atoms with Crippen LogP contribution in [0.4, 0.5) is 4.79 Å². The van der Waals surface area contributed by atoms with Crippen LogP contribution in [0.5, 0.6) is 0 Å². The number of carbonyl (C=O) groups is 2. The number of hydrogen-bond donors (Lipinski definition) is 1. The standard InChI is InChI=1S/C13H24N2O4/c1-10(2)4-5-14(3)13(18)15-6-7-19-9-11(15)8-12(16)17/h10-11H,4-9H2,1-3H3,(H,16,17). The molecule has 2 amide bonds. The van der Waals surface area contributed by atoms with Gasteiger partial charge in [0.15, 0.2) is 0 Å². The van der Waals surface area contributed by atoms with Gasteiger partial charge < -0.3 is 19.6 Å². The first kappa shape index (κ1) is 15.8. The number of carbonyl (C=O) groups excluding carboxylic acids is 1. The van der Waals surface area contributed by atoms with E-state index in [0.717, 1.165) is 6.42 Å². The predicted octanol–water partition coefficient (Wildman–Crippen LogP) is 1.26. The van der Waals surface area contributed by atoms with E-state index in [-0.39, 0.29) is 18.5 Å². The van der Waals surface area contributed by atoms with Crippen molar-refractivity contribution < 1.29 is 19.4 Å². The minimum Gasteiger partial charge on any atom is -0.481 e. The number of carboxylic acid groups (broad SMARTS) is 1. The van der Waals surface area contributed by atoms with Gasteiger partial charge in [0, 0.05) is 20.1 Å². The summed E-state index contributed by atoms with van der Waals surface area (Å²) in [5, 5.41) is 8.87. The number of aliphatic carboxylic acids is 1. The molecule has 1 aliphatic heterocycles. The average Bonchev–Trinajstić information content (AvgIpc) is 2.35. The Labute approximate surface area is 114 Å². The van der Waals surface area contributed by atoms with E-state index in [1.165, 1.54) is 0 Å². The Morgan fingerprint density at radius 2 is 2.16 bits per heavy atom. The summed E-state index contributed by atoms with van der Waals surface area (Å²) >= 11 is 0. The van der Waals surface area contributed by atoms with E-state index in [1.54, 1.807) is 16.8 Å². The number of carboxylic acids is 1. The van der Waals surface area contributed by atoms with Crippen LogP contribution < -0.4 is 0 Å². The molecule has 6 nitrogen and oxygen atoms in total. The maximum atomic E-state index is 12.3. The van der Waals surface area contributed by atoms with Crippen LogP contribution in [-0.4, -0.2) is 66.3 Å². The Morgan fingerprint density at radius 1 is 1.47 bits per heavy atom. The highest BCUT2D eigenvalue weighted by atomic mass is 16.5. The van der Waals surface area contributed by atoms with Crippen molar-refractivity contribution in [3.8, 4) is 0 Å². The molecule has 1 rings (SSSR count). The molecule has 110 valence electrons. The minimum absolute atomic E-state index is 0.0657. The van der Waals surface area contributed by atoms with Crippen LogP contribution in [-0.2, 0) is 9.53 Å². The van der Waals surface area contributed by atoms with E-state index in [4.69, 9.17) is 9.84 Å². The maximum Gasteiger partial charge on any atom is 0.320 e. The van der Waals surface area contributed by atoms with Crippen LogP contribution in [0.2, 0.25) is 0 Å². The van der Waals surface area contributed by atoms with Crippen LogP contribution in [0, 0.1) is 5.92 Å². The second-order valence-electron chi connectivity index (χ2n) is 5.41. The molecule has 1 N–H and O–H groups in total. The number of nitrogens with zero attached hydrogens (tertiary/aromatic N) is 2. The SMILES string of the molecule is CC(C)CCN(C)C(=O)N1CCOCC1CC(=O)O. The van der Waals surface area contributed by atoms with E-state index in [2.05, 4.69) is 13.8 Å². The van der Waals surface area contributed by atoms with Gasteiger partial charge in [0.05, 0.1) is 25.7 Å². The molecule has 1 fully saturated rings. The lowest BCUT2D eigenvalue weighted by molar-refractivity contribution is -0.139. The van der Waals surface area contributed by atoms with Gasteiger partial charge in [-0.25, -0.2) is 4.79 Å². The Morgan fingerprint density at radius 3 is 2.74 bits per heavy atom. The topological polar surface area (TPSA) is 70.1 Å². The van der Waals surface area contributed by atoms with Crippen molar-refractivity contribution in [2.24, 2.45) is 5.92 Å². The first-order valence-corrected chi connectivity index (χ1v) is 6.73. The van der Waals surface area contributed by atoms with Crippen molar-refractivity contribution >= 4 is 12.0 Å². The van der Waals surface area contributed by atoms with E-state index >= 15 is 0 Å². The summed E-state index contributed by atoms with van der Waals surface area (Å²) in [6.45, 7) is 6.15. The summed E-state index contributed by atoms with van der Waals surface area (Å²) in [4.78, 5) is 26.4. The first-order chi connectivity index (χ1) is 8.91. The second kappa shape index (κ2) is 7.33. The Balaban J connectivity index is 2.58. The molecule has 1 atom stereocenters. The van der Waals surface area contributed by atoms with Gasteiger partial charge in [-0.2, -0.15) is 0 Å². The Hall–Kier alpha value is -1.30. The van der Waals surface area contributed by atoms with Crippen molar-refractivity contribution in [1.82, 2.24) is 9.80 Å². The highest BCUT2D eigenvalue weighted by molar-refractivity contribution is 5.76. The van der Waals surface area contributed by atoms with Gasteiger partial charge in [-0.15, -0.1) is 0 Å². The summed E-state index contributed by atoms with van der Waals surface area (Å²) < 4.78 is 5.27. The summed E-state index contributed by atoms with van der Waals surface area (Å²) in [5.41, 5.74) is 0. The zero-order valence-electron chi connectivity index (χ0n) is 12.0. The molecule has 0 aromatic heterocycles. The van der Waals surface area contributed by atoms with Crippen LogP contribution in [0.1, 0.15) is 26.7 Å². The molecule has 1 unspecified atom stereocenters. The Kier molecular flexibility index (Phi) is 6.08. The highest BCUT2D eigenvalue weighted by Crippen LogP contribution is 2.13. The number of morpholine rings is 1. The summed E-state index contributed by atoms with van der Waals surface area (Å²) in [7, 11) is 1.76. The third-order valence-corrected chi connectivity index (χ3v) is 3.25. The number of rotatable bonds is 5. The molecule has 0 radical (unpaired) electrons. The normalized spacial score (nSPS) is 19.6. The fraction of sp³-hybridized carbons (Fsp3) is 0.846. The Bertz CT molecular complexity index is 320. The molecule has 0 aromatic carbocycles. The summed E-state index contributed by atoms with van der Waals surface area (Å²) in [6, 6.07) is -0.463. The molecular weight excluding hydrogens is 248 g/mol. The molecule has 6 heteroatoms. The van der Waals surface area contributed by atoms with E-state index in [9.17, 15) is 9.59 Å². The molecule has 0 aromatic rings. The summed E-state index contributed by atoms with van der Waals surface area (Å²) in [6.07, 6.45) is 0.875. The van der Waals surface area contributed by atoms with Gasteiger partial charge >= 0.3 is 12.0 Å². The molecule has 1 heterocycles. The lowest BCUT2D eigenvalue weighted by atomic mass is 10.1. The minimum atomic E-state index is -0.905. The molecule has 19 heavy (non-hydrogen) atoms. The lowest BCUT2D eigenvalue weighted by Crippen LogP contribution is -2.53. The van der Waals surface area contributed by atoms with Gasteiger partial charge in [-0.3, -0.25) is 4.79 Å². The lowest BCUT2D eigenvalue weighted by Gasteiger charge is -2.37. The molecule has 1 saturated heterocycles. The number of hydrogen-bond acceptors (Lipinski definition) is 3. The van der Waals surface area contributed by atoms with Gasteiger partial charge in [-0.1, -0.05) is 13.8 Å². The molecule has 0 aliphatic carbocycles. The van der Waals surface area contributed by atoms with Gasteiger partial charge in [0.25, 0.3) is 0 Å². The van der Waals surface area contributed by atoms with Crippen LogP contribution >= 0.6 is 0 Å². The van der Waals surface area contributed by atoms with Crippen LogP contribution in [0.3, 0.4) is 0 Å². The third kappa shape index (κ3) is 5.06. The monoisotopic (exact) mass is 272 g/mol. The average molecular weight is 272 g/mol. The predicted molar refractivity (Wildman–Crippen MR) is 71.0 cm³/mol. The van der Waals surface area contributed by atoms with E-state index in [1.807, 2.05) is 0 Å². The fourth-order valence-corrected chi connectivity index (χ4v) is 2.04. The smallest absolute Gasteiger partial charge is 0.320 e. The molecule has 0 bridgehead atoms. The molecule has 0 spiro atoms. The third-order valence-electron chi connectivity index (χ3n) is 3.25. The number of urea groups is 1.